The van der Waals surface area contributed by atoms with E-state index in [0.29, 0.717) is 15.8 Å². The Bertz CT molecular complexity index is 1810. The number of ether oxygens (including phenoxy) is 1. The Morgan fingerprint density at radius 1 is 1.17 bits per heavy atom. The predicted octanol–water partition coefficient (Wildman–Crippen LogP) is 2.62. The number of rotatable bonds is 8. The number of halogens is 3. The molecule has 5 rings (SSSR count). The number of hydrogen-bond donors (Lipinski definition) is 2. The van der Waals surface area contributed by atoms with Crippen LogP contribution in [0.1, 0.15) is 48.8 Å². The first-order valence-corrected chi connectivity index (χ1v) is 13.8. The van der Waals surface area contributed by atoms with Gasteiger partial charge in [0.1, 0.15) is 28.3 Å². The normalized spacial score (nSPS) is 14.7. The Kier molecular flexibility index (Phi) is 7.10. The van der Waals surface area contributed by atoms with Crippen LogP contribution in [0.5, 0.6) is 5.88 Å². The van der Waals surface area contributed by atoms with Crippen LogP contribution in [0, 0.1) is 6.92 Å². The minimum Gasteiger partial charge on any atom is -0.480 e. The average molecular weight is 592 g/mol. The summed E-state index contributed by atoms with van der Waals surface area (Å²) in [6.07, 6.45) is -0.701. The number of nitrogens with zero attached hydrogens (tertiary/aromatic N) is 7. The van der Waals surface area contributed by atoms with E-state index >= 15 is 0 Å². The van der Waals surface area contributed by atoms with Crippen molar-refractivity contribution in [3.8, 4) is 17.3 Å². The highest BCUT2D eigenvalue weighted by atomic mass is 32.2. The summed E-state index contributed by atoms with van der Waals surface area (Å²) in [5.74, 6) is -0.121. The number of aromatic nitrogens is 7. The van der Waals surface area contributed by atoms with Crippen molar-refractivity contribution in [1.29, 1.82) is 0 Å². The van der Waals surface area contributed by atoms with Gasteiger partial charge in [0, 0.05) is 12.1 Å². The lowest BCUT2D eigenvalue weighted by Gasteiger charge is -2.22. The summed E-state index contributed by atoms with van der Waals surface area (Å²) in [6, 6.07) is 0.291. The summed E-state index contributed by atoms with van der Waals surface area (Å²) in [5, 5.41) is 7.77. The van der Waals surface area contributed by atoms with Gasteiger partial charge in [0.15, 0.2) is 17.3 Å². The van der Waals surface area contributed by atoms with E-state index in [4.69, 9.17) is 9.88 Å². The Morgan fingerprint density at radius 3 is 2.49 bits per heavy atom. The minimum atomic E-state index is -4.80. The number of primary sulfonamides is 1. The molecule has 4 aromatic heterocycles. The molecule has 1 fully saturated rings. The third-order valence-electron chi connectivity index (χ3n) is 6.56. The summed E-state index contributed by atoms with van der Waals surface area (Å²) >= 11 is 0. The standard InChI is InChI=1S/C24H24F3N9O4S/c1-11-17-21(35-19(33-11)16-18(13-4-5-13)31-10-32-22(16)40-3)36(12(2)24(25,26)27)23(37)20(34-17)30-8-14-6-7-15(9-29-14)41(28,38)39/h6-7,9-10,12-13H,4-5,8H2,1-3H3,(H,30,34)(H2,28,38,39)/t12-/m0/s1. The largest absolute Gasteiger partial charge is 0.480 e. The fourth-order valence-corrected chi connectivity index (χ4v) is 4.68. The number of sulfonamides is 1. The number of methoxy groups -OCH3 is 1. The molecule has 3 N–H and O–H groups in total. The van der Waals surface area contributed by atoms with Crippen LogP contribution in [0.25, 0.3) is 22.6 Å². The van der Waals surface area contributed by atoms with Crippen LogP contribution in [0.4, 0.5) is 19.0 Å². The molecule has 216 valence electrons. The number of nitrogens with one attached hydrogen (secondary N) is 1. The lowest BCUT2D eigenvalue weighted by atomic mass is 10.1. The molecule has 1 aliphatic carbocycles. The van der Waals surface area contributed by atoms with Crippen LogP contribution in [-0.4, -0.2) is 56.2 Å². The zero-order chi connectivity index (χ0) is 29.7. The smallest absolute Gasteiger partial charge is 0.409 e. The predicted molar refractivity (Wildman–Crippen MR) is 140 cm³/mol. The third-order valence-corrected chi connectivity index (χ3v) is 7.46. The summed E-state index contributed by atoms with van der Waals surface area (Å²) < 4.78 is 70.9. The third kappa shape index (κ3) is 5.54. The molecule has 4 aromatic rings. The lowest BCUT2D eigenvalue weighted by Crippen LogP contribution is -2.35. The molecule has 4 heterocycles. The second kappa shape index (κ2) is 10.3. The quantitative estimate of drug-likeness (QED) is 0.307. The summed E-state index contributed by atoms with van der Waals surface area (Å²) in [6.45, 7) is 2.23. The van der Waals surface area contributed by atoms with Gasteiger partial charge in [-0.1, -0.05) is 0 Å². The molecule has 1 atom stereocenters. The van der Waals surface area contributed by atoms with Crippen molar-refractivity contribution < 1.29 is 26.3 Å². The molecule has 17 heteroatoms. The van der Waals surface area contributed by atoms with Crippen molar-refractivity contribution in [2.24, 2.45) is 5.14 Å². The van der Waals surface area contributed by atoms with Crippen LogP contribution in [-0.2, 0) is 16.6 Å². The maximum atomic E-state index is 14.0. The lowest BCUT2D eigenvalue weighted by molar-refractivity contribution is -0.162. The van der Waals surface area contributed by atoms with Crippen LogP contribution in [0.3, 0.4) is 0 Å². The number of alkyl halides is 3. The number of anilines is 1. The first-order valence-electron chi connectivity index (χ1n) is 12.3. The summed E-state index contributed by atoms with van der Waals surface area (Å²) in [4.78, 5) is 38.8. The molecule has 41 heavy (non-hydrogen) atoms. The molecule has 0 unspecified atom stereocenters. The zero-order valence-electron chi connectivity index (χ0n) is 22.0. The molecule has 0 saturated heterocycles. The van der Waals surface area contributed by atoms with Gasteiger partial charge in [0.05, 0.1) is 30.7 Å². The number of pyridine rings is 1. The van der Waals surface area contributed by atoms with E-state index in [-0.39, 0.29) is 51.6 Å². The Morgan fingerprint density at radius 2 is 1.90 bits per heavy atom. The van der Waals surface area contributed by atoms with Crippen molar-refractivity contribution in [3.63, 3.8) is 0 Å². The van der Waals surface area contributed by atoms with E-state index in [1.54, 1.807) is 0 Å². The van der Waals surface area contributed by atoms with E-state index in [9.17, 15) is 26.4 Å². The van der Waals surface area contributed by atoms with Gasteiger partial charge < -0.3 is 10.1 Å². The van der Waals surface area contributed by atoms with E-state index in [1.807, 2.05) is 0 Å². The van der Waals surface area contributed by atoms with E-state index < -0.39 is 33.6 Å². The van der Waals surface area contributed by atoms with Gasteiger partial charge in [-0.2, -0.15) is 13.2 Å². The number of fused-ring (bicyclic) bond motifs is 1. The number of nitrogens with two attached hydrogens (primary N) is 1. The van der Waals surface area contributed by atoms with Crippen molar-refractivity contribution >= 4 is 27.0 Å². The van der Waals surface area contributed by atoms with Gasteiger partial charge in [-0.3, -0.25) is 14.3 Å². The topological polar surface area (TPSA) is 181 Å². The Labute approximate surface area is 231 Å². The Hall–Kier alpha value is -4.25. The highest BCUT2D eigenvalue weighted by Crippen LogP contribution is 2.45. The molecule has 0 radical (unpaired) electrons. The number of hydrogen-bond acceptors (Lipinski definition) is 11. The van der Waals surface area contributed by atoms with Gasteiger partial charge in [-0.05, 0) is 38.8 Å². The molecule has 0 aromatic carbocycles. The van der Waals surface area contributed by atoms with Gasteiger partial charge in [0.25, 0.3) is 5.56 Å². The second-order valence-electron chi connectivity index (χ2n) is 9.46. The first-order chi connectivity index (χ1) is 19.3. The van der Waals surface area contributed by atoms with E-state index in [1.165, 1.54) is 32.5 Å². The average Bonchev–Trinajstić information content (AvgIpc) is 3.76. The maximum absolute atomic E-state index is 14.0. The molecule has 0 aliphatic heterocycles. The molecule has 1 saturated carbocycles. The summed E-state index contributed by atoms with van der Waals surface area (Å²) in [5.41, 5.74) is 0.00858. The Balaban J connectivity index is 1.65. The summed E-state index contributed by atoms with van der Waals surface area (Å²) in [7, 11) is -2.57. The minimum absolute atomic E-state index is 0.0125. The van der Waals surface area contributed by atoms with Gasteiger partial charge in [-0.25, -0.2) is 38.5 Å². The van der Waals surface area contributed by atoms with Gasteiger partial charge in [0.2, 0.25) is 15.9 Å². The molecular weight excluding hydrogens is 567 g/mol. The fraction of sp³-hybridized carbons (Fsp3) is 0.375. The van der Waals surface area contributed by atoms with Crippen molar-refractivity contribution in [2.75, 3.05) is 12.4 Å². The van der Waals surface area contributed by atoms with Crippen LogP contribution in [0.2, 0.25) is 0 Å². The van der Waals surface area contributed by atoms with E-state index in [0.717, 1.165) is 26.0 Å². The van der Waals surface area contributed by atoms with Crippen molar-refractivity contribution in [1.82, 2.24) is 34.5 Å². The van der Waals surface area contributed by atoms with E-state index in [2.05, 4.69) is 35.2 Å². The van der Waals surface area contributed by atoms with Crippen LogP contribution >= 0.6 is 0 Å². The van der Waals surface area contributed by atoms with Crippen LogP contribution in [0.15, 0.2) is 34.3 Å². The SMILES string of the molecule is COc1ncnc(C2CC2)c1-c1nc(C)c2nc(NCc3ccc(S(N)(=O)=O)cn3)c(=O)n([C@@H](C)C(F)(F)F)c2n1. The highest BCUT2D eigenvalue weighted by Gasteiger charge is 2.40. The molecule has 1 aliphatic rings. The van der Waals surface area contributed by atoms with Crippen molar-refractivity contribution in [2.45, 2.75) is 56.3 Å². The molecule has 0 amide bonds. The van der Waals surface area contributed by atoms with Crippen molar-refractivity contribution in [3.05, 3.63) is 52.1 Å². The molecule has 13 nitrogen and oxygen atoms in total. The van der Waals surface area contributed by atoms with Gasteiger partial charge in [-0.15, -0.1) is 0 Å². The monoisotopic (exact) mass is 591 g/mol. The number of aryl methyl sites for hydroxylation is 1. The van der Waals surface area contributed by atoms with Gasteiger partial charge >= 0.3 is 6.18 Å². The highest BCUT2D eigenvalue weighted by molar-refractivity contribution is 7.89. The molecule has 0 bridgehead atoms. The molecule has 0 spiro atoms. The second-order valence-corrected chi connectivity index (χ2v) is 11.0. The first kappa shape index (κ1) is 28.3. The van der Waals surface area contributed by atoms with Crippen LogP contribution < -0.4 is 20.8 Å². The fourth-order valence-electron chi connectivity index (χ4n) is 4.22. The maximum Gasteiger partial charge on any atom is 0.409 e. The molecular formula is C24H24F3N9O4S. The zero-order valence-corrected chi connectivity index (χ0v) is 22.8.